The number of carbonyl (C=O) groups is 2. The van der Waals surface area contributed by atoms with Crippen LogP contribution in [-0.2, 0) is 11.3 Å². The van der Waals surface area contributed by atoms with Crippen molar-refractivity contribution in [3.05, 3.63) is 59.7 Å². The molecule has 0 aromatic heterocycles. The number of halogens is 3. The molecule has 6 nitrogen and oxygen atoms in total. The second-order valence-corrected chi connectivity index (χ2v) is 6.55. The number of para-hydroxylation sites is 2. The van der Waals surface area contributed by atoms with Gasteiger partial charge in [0.2, 0.25) is 6.10 Å². The zero-order valence-electron chi connectivity index (χ0n) is 15.5. The molecule has 0 radical (unpaired) electrons. The lowest BCUT2D eigenvalue weighted by molar-refractivity contribution is -0.140. The summed E-state index contributed by atoms with van der Waals surface area (Å²) in [6.45, 7) is -1.05. The summed E-state index contributed by atoms with van der Waals surface area (Å²) in [6, 6.07) is 13.1. The number of amides is 2. The number of likely N-dealkylation sites (N-methyl/N-ethyl adjacent to an activating group) is 1. The van der Waals surface area contributed by atoms with Gasteiger partial charge >= 0.3 is 6.18 Å². The minimum absolute atomic E-state index is 0.0957. The minimum atomic E-state index is -4.47. The summed E-state index contributed by atoms with van der Waals surface area (Å²) in [5.74, 6) is -0.00506. The number of nitrogens with one attached hydrogen (secondary N) is 1. The van der Waals surface area contributed by atoms with E-state index >= 15 is 0 Å². The molecule has 2 aromatic rings. The van der Waals surface area contributed by atoms with E-state index in [0.717, 1.165) is 0 Å². The van der Waals surface area contributed by atoms with E-state index in [1.807, 2.05) is 11.4 Å². The van der Waals surface area contributed by atoms with Gasteiger partial charge in [0.05, 0.1) is 0 Å². The average Bonchev–Trinajstić information content (AvgIpc) is 2.71. The van der Waals surface area contributed by atoms with Crippen LogP contribution in [0.2, 0.25) is 0 Å². The third kappa shape index (κ3) is 5.40. The van der Waals surface area contributed by atoms with Crippen LogP contribution in [0, 0.1) is 0 Å². The number of hydrogen-bond acceptors (Lipinski definition) is 4. The molecule has 29 heavy (non-hydrogen) atoms. The number of benzene rings is 2. The Kier molecular flexibility index (Phi) is 5.95. The normalized spacial score (nSPS) is 15.5. The van der Waals surface area contributed by atoms with Gasteiger partial charge in [-0.25, -0.2) is 0 Å². The van der Waals surface area contributed by atoms with E-state index in [1.165, 1.54) is 17.0 Å². The van der Waals surface area contributed by atoms with Gasteiger partial charge < -0.3 is 19.7 Å². The molecule has 3 rings (SSSR count). The van der Waals surface area contributed by atoms with E-state index in [0.29, 0.717) is 17.1 Å². The summed E-state index contributed by atoms with van der Waals surface area (Å²) in [7, 11) is 1.61. The lowest BCUT2D eigenvalue weighted by Crippen LogP contribution is -2.44. The second-order valence-electron chi connectivity index (χ2n) is 6.55. The molecule has 1 heterocycles. The Hall–Kier alpha value is -3.23. The van der Waals surface area contributed by atoms with E-state index < -0.39 is 24.7 Å². The molecule has 2 amide bonds. The lowest BCUT2D eigenvalue weighted by Gasteiger charge is -2.28. The highest BCUT2D eigenvalue weighted by Crippen LogP contribution is 2.31. The second kappa shape index (κ2) is 8.42. The zero-order valence-corrected chi connectivity index (χ0v) is 15.5. The Labute approximate surface area is 165 Å². The van der Waals surface area contributed by atoms with E-state index in [1.54, 1.807) is 37.4 Å². The Morgan fingerprint density at radius 2 is 1.76 bits per heavy atom. The molecule has 2 aromatic carbocycles. The van der Waals surface area contributed by atoms with Crippen LogP contribution >= 0.6 is 0 Å². The van der Waals surface area contributed by atoms with E-state index in [4.69, 9.17) is 9.47 Å². The Balaban J connectivity index is 1.56. The first-order valence-electron chi connectivity index (χ1n) is 8.80. The highest BCUT2D eigenvalue weighted by Gasteiger charge is 2.30. The maximum atomic E-state index is 12.6. The molecule has 1 aliphatic heterocycles. The Morgan fingerprint density at radius 3 is 2.41 bits per heavy atom. The van der Waals surface area contributed by atoms with Gasteiger partial charge in [-0.3, -0.25) is 9.59 Å². The van der Waals surface area contributed by atoms with Gasteiger partial charge in [-0.05, 0) is 29.8 Å². The number of carbonyl (C=O) groups excluding carboxylic acids is 2. The molecule has 0 fully saturated rings. The van der Waals surface area contributed by atoms with Crippen LogP contribution in [0.1, 0.15) is 15.9 Å². The maximum absolute atomic E-state index is 12.6. The molecule has 1 N–H and O–H groups in total. The van der Waals surface area contributed by atoms with Gasteiger partial charge in [-0.1, -0.05) is 24.3 Å². The number of hydrogen-bond donors (Lipinski definition) is 1. The Morgan fingerprint density at radius 1 is 1.10 bits per heavy atom. The summed E-state index contributed by atoms with van der Waals surface area (Å²) >= 11 is 0. The molecule has 0 unspecified atom stereocenters. The van der Waals surface area contributed by atoms with Crippen LogP contribution in [0.5, 0.6) is 11.5 Å². The topological polar surface area (TPSA) is 67.9 Å². The number of alkyl halides is 3. The van der Waals surface area contributed by atoms with Crippen molar-refractivity contribution in [2.45, 2.75) is 18.8 Å². The first-order valence-corrected chi connectivity index (χ1v) is 8.80. The lowest BCUT2D eigenvalue weighted by atomic mass is 10.1. The van der Waals surface area contributed by atoms with Crippen molar-refractivity contribution >= 4 is 11.8 Å². The molecule has 0 spiro atoms. The predicted molar refractivity (Wildman–Crippen MR) is 97.7 cm³/mol. The highest BCUT2D eigenvalue weighted by atomic mass is 19.4. The monoisotopic (exact) mass is 408 g/mol. The van der Waals surface area contributed by atoms with Crippen molar-refractivity contribution in [3.8, 4) is 11.5 Å². The standard InChI is InChI=1S/C20H19F3N2O4/c1-25(19(27)17-11-28-15-4-2-3-5-16(15)29-17)10-13-6-8-14(9-7-13)18(26)24-12-20(21,22)23/h2-9,17H,10-12H2,1H3,(H,24,26)/t17-/m0/s1. The number of nitrogens with zero attached hydrogens (tertiary/aromatic N) is 1. The molecule has 0 bridgehead atoms. The van der Waals surface area contributed by atoms with E-state index in [-0.39, 0.29) is 24.6 Å². The third-order valence-corrected chi connectivity index (χ3v) is 4.25. The molecule has 1 aliphatic rings. The first kappa shape index (κ1) is 20.5. The fourth-order valence-corrected chi connectivity index (χ4v) is 2.78. The van der Waals surface area contributed by atoms with E-state index in [2.05, 4.69) is 0 Å². The van der Waals surface area contributed by atoms with Crippen LogP contribution in [0.25, 0.3) is 0 Å². The molecule has 9 heteroatoms. The smallest absolute Gasteiger partial charge is 0.405 e. The maximum Gasteiger partial charge on any atom is 0.405 e. The molecule has 0 saturated carbocycles. The summed E-state index contributed by atoms with van der Waals surface area (Å²) < 4.78 is 47.8. The van der Waals surface area contributed by atoms with Crippen LogP contribution in [0.15, 0.2) is 48.5 Å². The SMILES string of the molecule is CN(Cc1ccc(C(=O)NCC(F)(F)F)cc1)C(=O)[C@@H]1COc2ccccc2O1. The number of fused-ring (bicyclic) bond motifs is 1. The average molecular weight is 408 g/mol. The van der Waals surface area contributed by atoms with Crippen LogP contribution in [-0.4, -0.2) is 49.2 Å². The van der Waals surface area contributed by atoms with Crippen LogP contribution in [0.4, 0.5) is 13.2 Å². The summed E-state index contributed by atoms with van der Waals surface area (Å²) in [5, 5.41) is 1.81. The first-order chi connectivity index (χ1) is 13.7. The molecular formula is C20H19F3N2O4. The van der Waals surface area contributed by atoms with Crippen molar-refractivity contribution in [1.82, 2.24) is 10.2 Å². The van der Waals surface area contributed by atoms with Gasteiger partial charge in [0.1, 0.15) is 13.2 Å². The molecule has 0 saturated heterocycles. The van der Waals surface area contributed by atoms with Crippen molar-refractivity contribution < 1.29 is 32.2 Å². The number of rotatable bonds is 5. The third-order valence-electron chi connectivity index (χ3n) is 4.25. The van der Waals surface area contributed by atoms with Gasteiger partial charge in [-0.2, -0.15) is 13.2 Å². The summed E-state index contributed by atoms with van der Waals surface area (Å²) in [6.07, 6.45) is -5.24. The Bertz CT molecular complexity index is 884. The number of ether oxygens (including phenoxy) is 2. The van der Waals surface area contributed by atoms with Gasteiger partial charge in [-0.15, -0.1) is 0 Å². The summed E-state index contributed by atoms with van der Waals surface area (Å²) in [5.41, 5.74) is 0.818. The van der Waals surface area contributed by atoms with Crippen molar-refractivity contribution in [2.75, 3.05) is 20.2 Å². The van der Waals surface area contributed by atoms with E-state index in [9.17, 15) is 22.8 Å². The largest absolute Gasteiger partial charge is 0.485 e. The highest BCUT2D eigenvalue weighted by molar-refractivity contribution is 5.94. The van der Waals surface area contributed by atoms with Gasteiger partial charge in [0.15, 0.2) is 11.5 Å². The molecule has 0 aliphatic carbocycles. The predicted octanol–water partition coefficient (Wildman–Crippen LogP) is 2.78. The van der Waals surface area contributed by atoms with Crippen LogP contribution in [0.3, 0.4) is 0 Å². The van der Waals surface area contributed by atoms with Crippen molar-refractivity contribution in [3.63, 3.8) is 0 Å². The van der Waals surface area contributed by atoms with Crippen molar-refractivity contribution in [1.29, 1.82) is 0 Å². The molecular weight excluding hydrogens is 389 g/mol. The quantitative estimate of drug-likeness (QED) is 0.826. The van der Waals surface area contributed by atoms with Gasteiger partial charge in [0.25, 0.3) is 11.8 Å². The zero-order chi connectivity index (χ0) is 21.0. The minimum Gasteiger partial charge on any atom is -0.485 e. The fraction of sp³-hybridized carbons (Fsp3) is 0.300. The van der Waals surface area contributed by atoms with Crippen LogP contribution < -0.4 is 14.8 Å². The van der Waals surface area contributed by atoms with Crippen molar-refractivity contribution in [2.24, 2.45) is 0 Å². The molecule has 154 valence electrons. The summed E-state index contributed by atoms with van der Waals surface area (Å²) in [4.78, 5) is 25.8. The van der Waals surface area contributed by atoms with Gasteiger partial charge in [0, 0.05) is 19.2 Å². The molecule has 1 atom stereocenters. The fourth-order valence-electron chi connectivity index (χ4n) is 2.78.